The van der Waals surface area contributed by atoms with Crippen LogP contribution in [0.25, 0.3) is 11.2 Å². The molecule has 116 valence electrons. The van der Waals surface area contributed by atoms with Crippen LogP contribution in [0, 0.1) is 5.53 Å². The highest BCUT2D eigenvalue weighted by molar-refractivity contribution is 9.10. The van der Waals surface area contributed by atoms with Gasteiger partial charge in [0.15, 0.2) is 34.5 Å². The first kappa shape index (κ1) is 14.9. The van der Waals surface area contributed by atoms with Crippen LogP contribution in [0.3, 0.4) is 0 Å². The van der Waals surface area contributed by atoms with Crippen molar-refractivity contribution in [3.05, 3.63) is 11.1 Å². The van der Waals surface area contributed by atoms with E-state index in [1.165, 1.54) is 10.9 Å². The largest absolute Gasteiger partial charge is 0.387 e. The number of nitrogen functional groups attached to an aromatic ring is 1. The van der Waals surface area contributed by atoms with Crippen molar-refractivity contribution in [1.29, 1.82) is 5.53 Å². The van der Waals surface area contributed by atoms with E-state index in [1.54, 1.807) is 0 Å². The predicted octanol–water partition coefficient (Wildman–Crippen LogP) is -0.659. The molecule has 12 heteroatoms. The summed E-state index contributed by atoms with van der Waals surface area (Å²) in [6, 6.07) is 0. The fraction of sp³-hybridized carbons (Fsp3) is 0.500. The first-order valence-electron chi connectivity index (χ1n) is 6.23. The Labute approximate surface area is 131 Å². The summed E-state index contributed by atoms with van der Waals surface area (Å²) in [5.41, 5.74) is 13.1. The number of aliphatic hydroxyl groups excluding tert-OH is 2. The number of aliphatic hydroxyl groups is 2. The lowest BCUT2D eigenvalue weighted by atomic mass is 10.1. The minimum absolute atomic E-state index is 0.0421. The van der Waals surface area contributed by atoms with E-state index in [4.69, 9.17) is 16.0 Å². The topological polar surface area (TPSA) is 170 Å². The third-order valence-electron chi connectivity index (χ3n) is 3.39. The van der Waals surface area contributed by atoms with E-state index in [0.717, 1.165) is 0 Å². The Morgan fingerprint density at radius 1 is 1.45 bits per heavy atom. The number of imidazole rings is 1. The van der Waals surface area contributed by atoms with Gasteiger partial charge in [0.2, 0.25) is 4.91 Å². The number of anilines is 1. The van der Waals surface area contributed by atoms with E-state index in [2.05, 4.69) is 40.9 Å². The van der Waals surface area contributed by atoms with Crippen LogP contribution in [0.15, 0.2) is 16.2 Å². The fourth-order valence-electron chi connectivity index (χ4n) is 2.34. The van der Waals surface area contributed by atoms with Gasteiger partial charge in [-0.2, -0.15) is 0 Å². The zero-order chi connectivity index (χ0) is 15.9. The third-order valence-corrected chi connectivity index (χ3v) is 3.95. The minimum atomic E-state index is -1.23. The number of nitrogens with one attached hydrogen (secondary N) is 1. The molecule has 2 aromatic rings. The monoisotopic (exact) mass is 371 g/mol. The molecule has 22 heavy (non-hydrogen) atoms. The van der Waals surface area contributed by atoms with Gasteiger partial charge in [-0.15, -0.1) is 0 Å². The number of ether oxygens (including phenoxy) is 1. The molecule has 0 radical (unpaired) electrons. The van der Waals surface area contributed by atoms with E-state index in [1.807, 2.05) is 0 Å². The zero-order valence-corrected chi connectivity index (χ0v) is 12.6. The van der Waals surface area contributed by atoms with Gasteiger partial charge < -0.3 is 20.7 Å². The maximum absolute atomic E-state index is 10.2. The summed E-state index contributed by atoms with van der Waals surface area (Å²) >= 11 is 3.26. The highest BCUT2D eigenvalue weighted by atomic mass is 79.9. The molecular formula is C10H12BrN8O3+. The Morgan fingerprint density at radius 2 is 2.23 bits per heavy atom. The molecule has 3 rings (SSSR count). The number of nitrogens with two attached hydrogens (primary N) is 1. The van der Waals surface area contributed by atoms with Gasteiger partial charge in [0, 0.05) is 0 Å². The Hall–Kier alpha value is -1.98. The van der Waals surface area contributed by atoms with E-state index in [0.29, 0.717) is 15.9 Å². The summed E-state index contributed by atoms with van der Waals surface area (Å²) in [6.45, 7) is -0.0421. The molecule has 1 aliphatic heterocycles. The van der Waals surface area contributed by atoms with E-state index < -0.39 is 24.5 Å². The number of nitrogens with zero attached hydrogens (tertiary/aromatic N) is 6. The van der Waals surface area contributed by atoms with Crippen molar-refractivity contribution >= 4 is 32.9 Å². The number of hydrogen-bond donors (Lipinski definition) is 4. The van der Waals surface area contributed by atoms with Crippen LogP contribution in [0.4, 0.5) is 5.82 Å². The molecule has 0 aliphatic carbocycles. The maximum atomic E-state index is 10.2. The van der Waals surface area contributed by atoms with Crippen LogP contribution in [0.2, 0.25) is 0 Å². The molecule has 2 aromatic heterocycles. The molecule has 1 aliphatic rings. The van der Waals surface area contributed by atoms with Crippen LogP contribution in [0.1, 0.15) is 6.23 Å². The molecule has 5 N–H and O–H groups in total. The summed E-state index contributed by atoms with van der Waals surface area (Å²) in [6.07, 6.45) is -2.87. The van der Waals surface area contributed by atoms with Crippen molar-refractivity contribution < 1.29 is 14.9 Å². The first-order chi connectivity index (χ1) is 10.5. The van der Waals surface area contributed by atoms with Crippen LogP contribution in [-0.4, -0.2) is 54.6 Å². The third kappa shape index (κ3) is 2.26. The lowest BCUT2D eigenvalue weighted by Crippen LogP contribution is -2.33. The summed E-state index contributed by atoms with van der Waals surface area (Å²) in [5.74, 6) is 0.192. The van der Waals surface area contributed by atoms with E-state index in [9.17, 15) is 10.2 Å². The molecule has 4 atom stereocenters. The molecule has 0 unspecified atom stereocenters. The highest BCUT2D eigenvalue weighted by Gasteiger charge is 2.45. The minimum Gasteiger partial charge on any atom is -0.387 e. The van der Waals surface area contributed by atoms with Gasteiger partial charge >= 0.3 is 0 Å². The van der Waals surface area contributed by atoms with Crippen LogP contribution < -0.4 is 10.6 Å². The Kier molecular flexibility index (Phi) is 3.85. The van der Waals surface area contributed by atoms with E-state index >= 15 is 0 Å². The summed E-state index contributed by atoms with van der Waals surface area (Å²) in [4.78, 5) is 15.0. The highest BCUT2D eigenvalue weighted by Crippen LogP contribution is 2.35. The Bertz CT molecular complexity index is 760. The van der Waals surface area contributed by atoms with Gasteiger partial charge in [0.05, 0.1) is 0 Å². The first-order valence-corrected chi connectivity index (χ1v) is 7.02. The van der Waals surface area contributed by atoms with Gasteiger partial charge in [-0.05, 0) is 15.9 Å². The maximum Gasteiger partial charge on any atom is 0.214 e. The number of rotatable bonds is 3. The van der Waals surface area contributed by atoms with Crippen LogP contribution >= 0.6 is 15.9 Å². The van der Waals surface area contributed by atoms with Crippen molar-refractivity contribution in [2.45, 2.75) is 24.5 Å². The molecule has 11 nitrogen and oxygen atoms in total. The second-order valence-electron chi connectivity index (χ2n) is 4.65. The van der Waals surface area contributed by atoms with E-state index in [-0.39, 0.29) is 12.4 Å². The average Bonchev–Trinajstić information content (AvgIpc) is 2.97. The zero-order valence-electron chi connectivity index (χ0n) is 11.0. The molecule has 1 fully saturated rings. The molecule has 1 saturated heterocycles. The standard InChI is InChI=1S/C10H12BrN8O3/c11-10-17-4-7(12)14-2-15-8(4)19(10)9-6(21)5(20)3(22-9)1-16-18-13/h2-3,5-6,9,13,20-21H,1H2,(H2,12,14,15)/q+1/t3-,5-,6-,9-/m1/s1. The molecule has 0 aromatic carbocycles. The predicted molar refractivity (Wildman–Crippen MR) is 75.5 cm³/mol. The second-order valence-corrected chi connectivity index (χ2v) is 5.36. The normalized spacial score (nSPS) is 28.0. The number of hydrogen-bond acceptors (Lipinski definition) is 9. The second kappa shape index (κ2) is 5.66. The molecular weight excluding hydrogens is 360 g/mol. The van der Waals surface area contributed by atoms with Crippen molar-refractivity contribution in [3.8, 4) is 0 Å². The summed E-state index contributed by atoms with van der Waals surface area (Å²) in [7, 11) is 0. The number of fused-ring (bicyclic) bond motifs is 1. The molecule has 0 saturated carbocycles. The quantitative estimate of drug-likeness (QED) is 0.315. The molecule has 0 amide bonds. The smallest absolute Gasteiger partial charge is 0.214 e. The van der Waals surface area contributed by atoms with Crippen LogP contribution in [0.5, 0.6) is 0 Å². The Morgan fingerprint density at radius 3 is 2.95 bits per heavy atom. The number of aromatic nitrogens is 4. The van der Waals surface area contributed by atoms with Gasteiger partial charge in [-0.1, -0.05) is 0 Å². The van der Waals surface area contributed by atoms with Crippen molar-refractivity contribution in [2.75, 3.05) is 12.3 Å². The van der Waals surface area contributed by atoms with Gasteiger partial charge in [0.25, 0.3) is 0 Å². The van der Waals surface area contributed by atoms with Crippen LogP contribution in [-0.2, 0) is 4.74 Å². The summed E-state index contributed by atoms with van der Waals surface area (Å²) < 4.78 is 7.41. The molecule has 0 bridgehead atoms. The fourth-order valence-corrected chi connectivity index (χ4v) is 2.89. The summed E-state index contributed by atoms with van der Waals surface area (Å²) in [5, 5.41) is 23.7. The molecule has 0 spiro atoms. The average molecular weight is 372 g/mol. The molecule has 3 heterocycles. The van der Waals surface area contributed by atoms with Gasteiger partial charge in [-0.3, -0.25) is 4.57 Å². The van der Waals surface area contributed by atoms with Gasteiger partial charge in [0.1, 0.15) is 35.3 Å². The lowest BCUT2D eigenvalue weighted by molar-refractivity contribution is -0.0337. The lowest BCUT2D eigenvalue weighted by Gasteiger charge is -2.17. The van der Waals surface area contributed by atoms with Crippen molar-refractivity contribution in [1.82, 2.24) is 24.4 Å². The van der Waals surface area contributed by atoms with Crippen molar-refractivity contribution in [2.24, 2.45) is 5.11 Å². The number of halogens is 1. The Balaban J connectivity index is 2.03. The SMILES string of the molecule is N=[N+]=NC[C@H]1O[C@@H](n2c(Br)nc3c(N)ncnc32)[C@H](O)[C@@H]1O. The van der Waals surface area contributed by atoms with Crippen molar-refractivity contribution in [3.63, 3.8) is 0 Å². The van der Waals surface area contributed by atoms with Gasteiger partial charge in [-0.25, -0.2) is 15.0 Å².